The van der Waals surface area contributed by atoms with E-state index in [9.17, 15) is 0 Å². The second kappa shape index (κ2) is 7.68. The van der Waals surface area contributed by atoms with Crippen molar-refractivity contribution in [2.75, 3.05) is 0 Å². The van der Waals surface area contributed by atoms with Crippen LogP contribution in [0.5, 0.6) is 0 Å². The van der Waals surface area contributed by atoms with Crippen LogP contribution in [0.3, 0.4) is 0 Å². The molecule has 0 bridgehead atoms. The summed E-state index contributed by atoms with van der Waals surface area (Å²) in [5.41, 5.74) is 1.39. The maximum atomic E-state index is 2.75. The minimum Gasteiger partial charge on any atom is -0.0628 e. The Labute approximate surface area is 170 Å². The van der Waals surface area contributed by atoms with Gasteiger partial charge in [0.1, 0.15) is 0 Å². The topological polar surface area (TPSA) is 0 Å². The zero-order valence-electron chi connectivity index (χ0n) is 19.2. The van der Waals surface area contributed by atoms with Crippen LogP contribution < -0.4 is 0 Å². The molecule has 0 heterocycles. The first-order valence-corrected chi connectivity index (χ1v) is 12.9. The van der Waals surface area contributed by atoms with Gasteiger partial charge >= 0.3 is 0 Å². The van der Waals surface area contributed by atoms with E-state index in [1.807, 2.05) is 0 Å². The van der Waals surface area contributed by atoms with Crippen LogP contribution in [0.4, 0.5) is 0 Å². The third-order valence-electron chi connectivity index (χ3n) is 10.8. The van der Waals surface area contributed by atoms with Crippen LogP contribution in [0.25, 0.3) is 0 Å². The predicted octanol–water partition coefficient (Wildman–Crippen LogP) is 8.50. The summed E-state index contributed by atoms with van der Waals surface area (Å²) in [6, 6.07) is 0. The Morgan fingerprint density at radius 3 is 2.30 bits per heavy atom. The SMILES string of the molecule is CC(C)CCC[C@H](C)[C@H]1CC[C@H]2[C@@H]3CCC4CCCC[C@]4(C)[C@H]3CC[C@]12C. The number of hydrogen-bond acceptors (Lipinski definition) is 0. The second-order valence-corrected chi connectivity index (χ2v) is 12.4. The van der Waals surface area contributed by atoms with E-state index in [0.29, 0.717) is 10.8 Å². The zero-order chi connectivity index (χ0) is 19.2. The summed E-state index contributed by atoms with van der Waals surface area (Å²) in [6.07, 6.45) is 19.9. The number of rotatable bonds is 5. The molecule has 0 aromatic heterocycles. The van der Waals surface area contributed by atoms with Gasteiger partial charge in [0.05, 0.1) is 0 Å². The Kier molecular flexibility index (Phi) is 5.77. The molecule has 0 N–H and O–H groups in total. The van der Waals surface area contributed by atoms with Crippen LogP contribution >= 0.6 is 0 Å². The molecular formula is C27H48. The molecule has 4 saturated carbocycles. The minimum atomic E-state index is 0.677. The highest BCUT2D eigenvalue weighted by Gasteiger charge is 2.59. The predicted molar refractivity (Wildman–Crippen MR) is 118 cm³/mol. The fourth-order valence-electron chi connectivity index (χ4n) is 9.32. The van der Waals surface area contributed by atoms with Gasteiger partial charge in [-0.05, 0) is 104 Å². The number of fused-ring (bicyclic) bond motifs is 5. The Morgan fingerprint density at radius 2 is 1.52 bits per heavy atom. The molecule has 0 aromatic carbocycles. The molecule has 0 saturated heterocycles. The quantitative estimate of drug-likeness (QED) is 0.453. The molecule has 8 atom stereocenters. The molecule has 27 heavy (non-hydrogen) atoms. The lowest BCUT2D eigenvalue weighted by Gasteiger charge is -2.61. The first kappa shape index (κ1) is 20.3. The largest absolute Gasteiger partial charge is 0.0628 e. The fourth-order valence-corrected chi connectivity index (χ4v) is 9.32. The highest BCUT2D eigenvalue weighted by atomic mass is 14.6. The molecule has 4 aliphatic rings. The molecule has 1 unspecified atom stereocenters. The molecule has 0 nitrogen and oxygen atoms in total. The monoisotopic (exact) mass is 372 g/mol. The highest BCUT2D eigenvalue weighted by molar-refractivity contribution is 5.09. The highest BCUT2D eigenvalue weighted by Crippen LogP contribution is 2.68. The van der Waals surface area contributed by atoms with Gasteiger partial charge in [-0.1, -0.05) is 66.7 Å². The lowest BCUT2D eigenvalue weighted by atomic mass is 9.44. The first-order chi connectivity index (χ1) is 12.9. The van der Waals surface area contributed by atoms with Crippen molar-refractivity contribution in [3.05, 3.63) is 0 Å². The third kappa shape index (κ3) is 3.44. The van der Waals surface area contributed by atoms with Crippen LogP contribution in [0, 0.1) is 52.3 Å². The van der Waals surface area contributed by atoms with Crippen molar-refractivity contribution in [2.45, 2.75) is 118 Å². The second-order valence-electron chi connectivity index (χ2n) is 12.4. The van der Waals surface area contributed by atoms with Crippen LogP contribution in [-0.2, 0) is 0 Å². The van der Waals surface area contributed by atoms with Gasteiger partial charge in [-0.25, -0.2) is 0 Å². The average molecular weight is 373 g/mol. The van der Waals surface area contributed by atoms with Gasteiger partial charge in [0.2, 0.25) is 0 Å². The summed E-state index contributed by atoms with van der Waals surface area (Å²) < 4.78 is 0. The lowest BCUT2D eigenvalue weighted by Crippen LogP contribution is -2.53. The van der Waals surface area contributed by atoms with Crippen LogP contribution in [0.15, 0.2) is 0 Å². The molecule has 0 radical (unpaired) electrons. The van der Waals surface area contributed by atoms with E-state index in [1.165, 1.54) is 32.1 Å². The van der Waals surface area contributed by atoms with Crippen LogP contribution in [0.1, 0.15) is 118 Å². The Balaban J connectivity index is 1.46. The normalized spacial score (nSPS) is 48.0. The average Bonchev–Trinajstić information content (AvgIpc) is 2.98. The molecule has 0 heteroatoms. The van der Waals surface area contributed by atoms with E-state index in [0.717, 1.165) is 41.4 Å². The molecule has 0 amide bonds. The van der Waals surface area contributed by atoms with Crippen molar-refractivity contribution >= 4 is 0 Å². The Hall–Kier alpha value is 0. The van der Waals surface area contributed by atoms with E-state index in [-0.39, 0.29) is 0 Å². The lowest BCUT2D eigenvalue weighted by molar-refractivity contribution is -0.114. The molecular weight excluding hydrogens is 324 g/mol. The van der Waals surface area contributed by atoms with E-state index in [2.05, 4.69) is 34.6 Å². The van der Waals surface area contributed by atoms with Crippen LogP contribution in [-0.4, -0.2) is 0 Å². The summed E-state index contributed by atoms with van der Waals surface area (Å²) in [7, 11) is 0. The maximum absolute atomic E-state index is 2.75. The third-order valence-corrected chi connectivity index (χ3v) is 10.8. The van der Waals surface area contributed by atoms with Gasteiger partial charge in [-0.3, -0.25) is 0 Å². The van der Waals surface area contributed by atoms with Crippen molar-refractivity contribution < 1.29 is 0 Å². The summed E-state index contributed by atoms with van der Waals surface area (Å²) in [5, 5.41) is 0. The fraction of sp³-hybridized carbons (Fsp3) is 1.00. The summed E-state index contributed by atoms with van der Waals surface area (Å²) in [4.78, 5) is 0. The molecule has 0 spiro atoms. The van der Waals surface area contributed by atoms with Crippen LogP contribution in [0.2, 0.25) is 0 Å². The van der Waals surface area contributed by atoms with Gasteiger partial charge in [-0.2, -0.15) is 0 Å². The van der Waals surface area contributed by atoms with E-state index in [4.69, 9.17) is 0 Å². The van der Waals surface area contributed by atoms with Crippen molar-refractivity contribution in [3.63, 3.8) is 0 Å². The van der Waals surface area contributed by atoms with Gasteiger partial charge < -0.3 is 0 Å². The van der Waals surface area contributed by atoms with E-state index in [1.54, 1.807) is 51.4 Å². The summed E-state index contributed by atoms with van der Waals surface area (Å²) in [5.74, 6) is 7.15. The summed E-state index contributed by atoms with van der Waals surface area (Å²) in [6.45, 7) is 12.9. The van der Waals surface area contributed by atoms with Gasteiger partial charge in [0.15, 0.2) is 0 Å². The number of hydrogen-bond donors (Lipinski definition) is 0. The Bertz CT molecular complexity index is 506. The molecule has 4 fully saturated rings. The molecule has 4 aliphatic carbocycles. The molecule has 4 rings (SSSR count). The van der Waals surface area contributed by atoms with Gasteiger partial charge in [-0.15, -0.1) is 0 Å². The van der Waals surface area contributed by atoms with Crippen molar-refractivity contribution in [1.82, 2.24) is 0 Å². The van der Waals surface area contributed by atoms with Crippen molar-refractivity contribution in [3.8, 4) is 0 Å². The van der Waals surface area contributed by atoms with E-state index < -0.39 is 0 Å². The van der Waals surface area contributed by atoms with Gasteiger partial charge in [0, 0.05) is 0 Å². The molecule has 0 aliphatic heterocycles. The zero-order valence-corrected chi connectivity index (χ0v) is 19.2. The van der Waals surface area contributed by atoms with Gasteiger partial charge in [0.25, 0.3) is 0 Å². The summed E-state index contributed by atoms with van der Waals surface area (Å²) >= 11 is 0. The molecule has 156 valence electrons. The van der Waals surface area contributed by atoms with Crippen molar-refractivity contribution in [1.29, 1.82) is 0 Å². The smallest absolute Gasteiger partial charge is 0.0264 e. The molecule has 0 aromatic rings. The maximum Gasteiger partial charge on any atom is -0.0264 e. The Morgan fingerprint density at radius 1 is 0.741 bits per heavy atom. The van der Waals surface area contributed by atoms with Crippen molar-refractivity contribution in [2.24, 2.45) is 52.3 Å². The standard InChI is InChI=1S/C27H48/c1-19(2)9-8-10-20(3)23-14-15-24-22-13-12-21-11-6-7-17-26(21,4)25(22)16-18-27(23,24)5/h19-25H,6-18H2,1-5H3/t20-,21?,22-,23+,24-,25-,26-,27+/m0/s1. The first-order valence-electron chi connectivity index (χ1n) is 12.9. The van der Waals surface area contributed by atoms with E-state index >= 15 is 0 Å². The minimum absolute atomic E-state index is 0.677.